The van der Waals surface area contributed by atoms with E-state index in [9.17, 15) is 9.59 Å². The van der Waals surface area contributed by atoms with Gasteiger partial charge in [0.15, 0.2) is 0 Å². The second-order valence-electron chi connectivity index (χ2n) is 12.7. The summed E-state index contributed by atoms with van der Waals surface area (Å²) in [5.41, 5.74) is 0.562. The third-order valence-electron chi connectivity index (χ3n) is 11.3. The average Bonchev–Trinajstić information content (AvgIpc) is 3.19. The van der Waals surface area contributed by atoms with Crippen molar-refractivity contribution in [1.29, 1.82) is 0 Å². The van der Waals surface area contributed by atoms with Crippen LogP contribution in [0.15, 0.2) is 10.2 Å². The SMILES string of the molecule is CC[C@@H](C)[C@H]1CC[C@H]2[C@@H]3[C@H]4C[C@@H]5C[C@@H](CC[C@]5(C)[C@H]3CC[C@]12C)OCCCOC(=O)N=NC(=O)O4. The number of carbonyl (C=O) groups is 2. The maximum Gasteiger partial charge on any atom is 0.452 e. The highest BCUT2D eigenvalue weighted by atomic mass is 16.6. The third-order valence-corrected chi connectivity index (χ3v) is 11.3. The van der Waals surface area contributed by atoms with Gasteiger partial charge in [-0.25, -0.2) is 9.59 Å². The fourth-order valence-electron chi connectivity index (χ4n) is 9.42. The summed E-state index contributed by atoms with van der Waals surface area (Å²) >= 11 is 0. The second-order valence-corrected chi connectivity index (χ2v) is 12.7. The Morgan fingerprint density at radius 1 is 0.943 bits per heavy atom. The van der Waals surface area contributed by atoms with Gasteiger partial charge < -0.3 is 14.2 Å². The van der Waals surface area contributed by atoms with E-state index in [2.05, 4.69) is 37.9 Å². The second kappa shape index (κ2) is 9.75. The van der Waals surface area contributed by atoms with Crippen LogP contribution in [0.2, 0.25) is 0 Å². The Labute approximate surface area is 210 Å². The molecule has 0 spiro atoms. The van der Waals surface area contributed by atoms with E-state index < -0.39 is 12.2 Å². The van der Waals surface area contributed by atoms with Gasteiger partial charge in [0.2, 0.25) is 0 Å². The van der Waals surface area contributed by atoms with Gasteiger partial charge >= 0.3 is 12.2 Å². The van der Waals surface area contributed by atoms with Gasteiger partial charge in [-0.3, -0.25) is 0 Å². The van der Waals surface area contributed by atoms with E-state index in [1.54, 1.807) is 0 Å². The molecule has 0 aromatic heterocycles. The summed E-state index contributed by atoms with van der Waals surface area (Å²) in [7, 11) is 0. The molecule has 2 amide bonds. The fourth-order valence-corrected chi connectivity index (χ4v) is 9.42. The number of hydrogen-bond acceptors (Lipinski definition) is 5. The van der Waals surface area contributed by atoms with Gasteiger partial charge in [0.05, 0.1) is 19.3 Å². The number of amides is 2. The molecule has 4 fully saturated rings. The van der Waals surface area contributed by atoms with E-state index in [0.717, 1.165) is 31.1 Å². The number of fused-ring (bicyclic) bond motifs is 7. The van der Waals surface area contributed by atoms with E-state index >= 15 is 0 Å². The monoisotopic (exact) mass is 488 g/mol. The quantitative estimate of drug-likeness (QED) is 0.411. The summed E-state index contributed by atoms with van der Waals surface area (Å²) in [6, 6.07) is 0. The highest BCUT2D eigenvalue weighted by molar-refractivity contribution is 5.73. The number of nitrogens with zero attached hydrogens (tertiary/aromatic N) is 2. The maximum atomic E-state index is 12.8. The number of cyclic esters (lactones) is 1. The topological polar surface area (TPSA) is 86.5 Å². The molecule has 4 saturated carbocycles. The first-order valence-corrected chi connectivity index (χ1v) is 14.2. The van der Waals surface area contributed by atoms with Gasteiger partial charge in [-0.05, 0) is 91.8 Å². The molecule has 0 radical (unpaired) electrons. The van der Waals surface area contributed by atoms with E-state index in [4.69, 9.17) is 14.2 Å². The number of azo groups is 1. The molecule has 7 heteroatoms. The van der Waals surface area contributed by atoms with Crippen LogP contribution in [-0.2, 0) is 14.2 Å². The molecule has 3 bridgehead atoms. The smallest absolute Gasteiger partial charge is 0.447 e. The molecule has 35 heavy (non-hydrogen) atoms. The molecule has 0 aromatic rings. The van der Waals surface area contributed by atoms with Crippen molar-refractivity contribution in [2.75, 3.05) is 13.2 Å². The van der Waals surface area contributed by atoms with Crippen LogP contribution in [0.1, 0.15) is 91.9 Å². The zero-order chi connectivity index (χ0) is 24.8. The molecule has 196 valence electrons. The fraction of sp³-hybridized carbons (Fsp3) is 0.929. The Bertz CT molecular complexity index is 847. The first-order chi connectivity index (χ1) is 16.8. The third kappa shape index (κ3) is 4.44. The Balaban J connectivity index is 1.47. The lowest BCUT2D eigenvalue weighted by atomic mass is 9.43. The zero-order valence-electron chi connectivity index (χ0n) is 22.0. The van der Waals surface area contributed by atoms with E-state index in [1.165, 1.54) is 38.5 Å². The van der Waals surface area contributed by atoms with Crippen LogP contribution in [0.5, 0.6) is 0 Å². The van der Waals surface area contributed by atoms with E-state index in [-0.39, 0.29) is 24.2 Å². The molecule has 0 N–H and O–H groups in total. The molecule has 7 nitrogen and oxygen atoms in total. The van der Waals surface area contributed by atoms with Crippen molar-refractivity contribution in [2.45, 2.75) is 104 Å². The van der Waals surface area contributed by atoms with Crippen LogP contribution in [0.25, 0.3) is 0 Å². The Morgan fingerprint density at radius 2 is 1.69 bits per heavy atom. The highest BCUT2D eigenvalue weighted by Crippen LogP contribution is 2.68. The van der Waals surface area contributed by atoms with Crippen molar-refractivity contribution >= 4 is 12.2 Å². The van der Waals surface area contributed by atoms with Gasteiger partial charge in [0.25, 0.3) is 0 Å². The van der Waals surface area contributed by atoms with Gasteiger partial charge in [-0.2, -0.15) is 0 Å². The molecule has 5 aliphatic rings. The molecule has 1 aliphatic heterocycles. The molecule has 0 aromatic carbocycles. The van der Waals surface area contributed by atoms with Crippen molar-refractivity contribution in [2.24, 2.45) is 56.6 Å². The van der Waals surface area contributed by atoms with Crippen molar-refractivity contribution in [3.05, 3.63) is 0 Å². The zero-order valence-corrected chi connectivity index (χ0v) is 22.0. The predicted octanol–water partition coefficient (Wildman–Crippen LogP) is 7.18. The molecule has 1 heterocycles. The minimum Gasteiger partial charge on any atom is -0.447 e. The van der Waals surface area contributed by atoms with Crippen LogP contribution < -0.4 is 0 Å². The summed E-state index contributed by atoms with van der Waals surface area (Å²) in [4.78, 5) is 24.6. The molecule has 5 rings (SSSR count). The van der Waals surface area contributed by atoms with Crippen molar-refractivity contribution in [3.63, 3.8) is 0 Å². The first kappa shape index (κ1) is 25.2. The van der Waals surface area contributed by atoms with Crippen LogP contribution in [0.4, 0.5) is 9.59 Å². The van der Waals surface area contributed by atoms with Gasteiger partial charge in [-0.1, -0.05) is 44.3 Å². The predicted molar refractivity (Wildman–Crippen MR) is 131 cm³/mol. The highest BCUT2D eigenvalue weighted by Gasteiger charge is 2.63. The number of hydrogen-bond donors (Lipinski definition) is 0. The number of carbonyl (C=O) groups excluding carboxylic acids is 2. The lowest BCUT2D eigenvalue weighted by Gasteiger charge is -2.62. The largest absolute Gasteiger partial charge is 0.452 e. The Morgan fingerprint density at radius 3 is 2.49 bits per heavy atom. The molecule has 4 aliphatic carbocycles. The van der Waals surface area contributed by atoms with Gasteiger partial charge in [-0.15, -0.1) is 0 Å². The van der Waals surface area contributed by atoms with Gasteiger partial charge in [0.1, 0.15) is 6.10 Å². The van der Waals surface area contributed by atoms with E-state index in [0.29, 0.717) is 42.1 Å². The van der Waals surface area contributed by atoms with Crippen molar-refractivity contribution < 1.29 is 23.8 Å². The maximum absolute atomic E-state index is 12.8. The van der Waals surface area contributed by atoms with Crippen LogP contribution in [0.3, 0.4) is 0 Å². The first-order valence-electron chi connectivity index (χ1n) is 14.2. The Kier molecular flexibility index (Phi) is 7.01. The summed E-state index contributed by atoms with van der Waals surface area (Å²) in [5, 5.41) is 7.04. The molecule has 0 saturated heterocycles. The van der Waals surface area contributed by atoms with E-state index in [1.807, 2.05) is 0 Å². The van der Waals surface area contributed by atoms with Crippen LogP contribution in [0, 0.1) is 46.3 Å². The molecular weight excluding hydrogens is 444 g/mol. The minimum atomic E-state index is -0.845. The minimum absolute atomic E-state index is 0.176. The standard InChI is InChI=1S/C28H44N2O5/c1-5-17(2)20-7-8-21-24-22(10-12-28(20,21)4)27(3)11-9-19-15-18(27)16-23(24)35-26(32)30-29-25(31)34-14-6-13-33-19/h17-24H,5-16H2,1-4H3/t17-,18+,19-,20-,21+,22+,23-,24+,27+,28-/m1/s1. The molecular formula is C28H44N2O5. The summed E-state index contributed by atoms with van der Waals surface area (Å²) in [6.45, 7) is 10.6. The normalized spacial score (nSPS) is 47.0. The number of ether oxygens (including phenoxy) is 3. The number of rotatable bonds is 2. The van der Waals surface area contributed by atoms with Crippen LogP contribution in [-0.4, -0.2) is 37.6 Å². The average molecular weight is 489 g/mol. The van der Waals surface area contributed by atoms with Crippen molar-refractivity contribution in [3.8, 4) is 0 Å². The van der Waals surface area contributed by atoms with Crippen LogP contribution >= 0.6 is 0 Å². The molecule has 10 atom stereocenters. The summed E-state index contributed by atoms with van der Waals surface area (Å²) in [6.07, 6.45) is 9.44. The van der Waals surface area contributed by atoms with Crippen molar-refractivity contribution in [1.82, 2.24) is 0 Å². The Hall–Kier alpha value is -1.50. The molecule has 0 unspecified atom stereocenters. The summed E-state index contributed by atoms with van der Waals surface area (Å²) in [5.74, 6) is 3.39. The lowest BCUT2D eigenvalue weighted by molar-refractivity contribution is -0.178. The van der Waals surface area contributed by atoms with Gasteiger partial charge in [0, 0.05) is 12.3 Å². The lowest BCUT2D eigenvalue weighted by Crippen LogP contribution is -2.59. The summed E-state index contributed by atoms with van der Waals surface area (Å²) < 4.78 is 17.4.